The fraction of sp³-hybridized carbons (Fsp3) is 0.312. The third-order valence-electron chi connectivity index (χ3n) is 3.09. The molecule has 0 N–H and O–H groups in total. The average molecular weight is 242 g/mol. The van der Waals surface area contributed by atoms with E-state index in [2.05, 4.69) is 0 Å². The van der Waals surface area contributed by atoms with Gasteiger partial charge in [-0.3, -0.25) is 4.79 Å². The Morgan fingerprint density at radius 1 is 1.11 bits per heavy atom. The zero-order valence-corrected chi connectivity index (χ0v) is 11.1. The minimum Gasteiger partial charge on any atom is -0.368 e. The molecule has 0 radical (unpaired) electrons. The van der Waals surface area contributed by atoms with E-state index in [1.165, 1.54) is 0 Å². The Labute approximate surface area is 108 Å². The van der Waals surface area contributed by atoms with Crippen molar-refractivity contribution in [3.05, 3.63) is 48.0 Å². The SMILES string of the molecule is CCOC(C)(C)C(=O)c1cccc2ccccc12. The second-order valence-corrected chi connectivity index (χ2v) is 4.80. The van der Waals surface area contributed by atoms with Crippen LogP contribution in [0.25, 0.3) is 10.8 Å². The van der Waals surface area contributed by atoms with Gasteiger partial charge in [0, 0.05) is 12.2 Å². The Bertz CT molecular complexity index is 565. The van der Waals surface area contributed by atoms with Gasteiger partial charge in [-0.25, -0.2) is 0 Å². The summed E-state index contributed by atoms with van der Waals surface area (Å²) >= 11 is 0. The summed E-state index contributed by atoms with van der Waals surface area (Å²) in [6.45, 7) is 6.07. The normalized spacial score (nSPS) is 11.7. The van der Waals surface area contributed by atoms with E-state index in [-0.39, 0.29) is 5.78 Å². The van der Waals surface area contributed by atoms with Gasteiger partial charge in [-0.05, 0) is 31.5 Å². The van der Waals surface area contributed by atoms with E-state index in [0.717, 1.165) is 16.3 Å². The summed E-state index contributed by atoms with van der Waals surface area (Å²) < 4.78 is 5.54. The largest absolute Gasteiger partial charge is 0.368 e. The first-order valence-electron chi connectivity index (χ1n) is 6.23. The Kier molecular flexibility index (Phi) is 3.48. The standard InChI is InChI=1S/C16H18O2/c1-4-18-16(2,3)15(17)14-11-7-9-12-8-5-6-10-13(12)14/h5-11H,4H2,1-3H3. The first-order valence-corrected chi connectivity index (χ1v) is 6.23. The van der Waals surface area contributed by atoms with Crippen molar-refractivity contribution in [1.29, 1.82) is 0 Å². The van der Waals surface area contributed by atoms with Crippen molar-refractivity contribution in [2.45, 2.75) is 26.4 Å². The molecule has 2 nitrogen and oxygen atoms in total. The van der Waals surface area contributed by atoms with Crippen molar-refractivity contribution < 1.29 is 9.53 Å². The number of hydrogen-bond donors (Lipinski definition) is 0. The number of carbonyl (C=O) groups excluding carboxylic acids is 1. The van der Waals surface area contributed by atoms with Gasteiger partial charge >= 0.3 is 0 Å². The second kappa shape index (κ2) is 4.91. The molecule has 0 heterocycles. The highest BCUT2D eigenvalue weighted by atomic mass is 16.5. The monoisotopic (exact) mass is 242 g/mol. The third kappa shape index (κ3) is 2.29. The van der Waals surface area contributed by atoms with Crippen molar-refractivity contribution in [2.24, 2.45) is 0 Å². The van der Waals surface area contributed by atoms with Gasteiger partial charge in [-0.2, -0.15) is 0 Å². The lowest BCUT2D eigenvalue weighted by Gasteiger charge is -2.23. The van der Waals surface area contributed by atoms with Crippen molar-refractivity contribution >= 4 is 16.6 Å². The first-order chi connectivity index (χ1) is 8.56. The molecule has 94 valence electrons. The van der Waals surface area contributed by atoms with Crippen LogP contribution in [0, 0.1) is 0 Å². The zero-order valence-electron chi connectivity index (χ0n) is 11.1. The molecule has 0 bridgehead atoms. The highest BCUT2D eigenvalue weighted by Crippen LogP contribution is 2.24. The van der Waals surface area contributed by atoms with E-state index in [4.69, 9.17) is 4.74 Å². The maximum atomic E-state index is 12.5. The van der Waals surface area contributed by atoms with Crippen LogP contribution in [0.2, 0.25) is 0 Å². The molecule has 0 fully saturated rings. The molecule has 0 aliphatic carbocycles. The topological polar surface area (TPSA) is 26.3 Å². The fourth-order valence-electron chi connectivity index (χ4n) is 2.17. The summed E-state index contributed by atoms with van der Waals surface area (Å²) in [5, 5.41) is 2.06. The van der Waals surface area contributed by atoms with Crippen LogP contribution in [-0.4, -0.2) is 18.0 Å². The number of hydrogen-bond acceptors (Lipinski definition) is 2. The predicted octanol–water partition coefficient (Wildman–Crippen LogP) is 3.84. The molecule has 0 unspecified atom stereocenters. The molecule has 0 aromatic heterocycles. The summed E-state index contributed by atoms with van der Waals surface area (Å²) in [4.78, 5) is 12.5. The summed E-state index contributed by atoms with van der Waals surface area (Å²) in [6.07, 6.45) is 0. The Hall–Kier alpha value is -1.67. The molecule has 0 spiro atoms. The summed E-state index contributed by atoms with van der Waals surface area (Å²) in [7, 11) is 0. The van der Waals surface area contributed by atoms with Crippen LogP contribution in [-0.2, 0) is 4.74 Å². The maximum Gasteiger partial charge on any atom is 0.194 e. The summed E-state index contributed by atoms with van der Waals surface area (Å²) in [5.41, 5.74) is -0.0506. The Morgan fingerprint density at radius 3 is 2.50 bits per heavy atom. The van der Waals surface area contributed by atoms with Gasteiger partial charge in [0.1, 0.15) is 5.60 Å². The predicted molar refractivity (Wildman–Crippen MR) is 74.0 cm³/mol. The minimum atomic E-state index is -0.779. The van der Waals surface area contributed by atoms with Gasteiger partial charge in [-0.1, -0.05) is 42.5 Å². The van der Waals surface area contributed by atoms with Crippen molar-refractivity contribution in [2.75, 3.05) is 6.61 Å². The smallest absolute Gasteiger partial charge is 0.194 e. The lowest BCUT2D eigenvalue weighted by Crippen LogP contribution is -2.35. The van der Waals surface area contributed by atoms with Crippen molar-refractivity contribution in [3.63, 3.8) is 0 Å². The van der Waals surface area contributed by atoms with E-state index in [9.17, 15) is 4.79 Å². The maximum absolute atomic E-state index is 12.5. The van der Waals surface area contributed by atoms with Crippen molar-refractivity contribution in [1.82, 2.24) is 0 Å². The molecule has 0 aliphatic heterocycles. The number of fused-ring (bicyclic) bond motifs is 1. The summed E-state index contributed by atoms with van der Waals surface area (Å²) in [6, 6.07) is 13.7. The highest BCUT2D eigenvalue weighted by Gasteiger charge is 2.29. The molecule has 2 rings (SSSR count). The highest BCUT2D eigenvalue weighted by molar-refractivity contribution is 6.11. The first kappa shape index (κ1) is 12.8. The van der Waals surface area contributed by atoms with E-state index >= 15 is 0 Å². The van der Waals surface area contributed by atoms with Gasteiger partial charge < -0.3 is 4.74 Å². The van der Waals surface area contributed by atoms with Gasteiger partial charge in [-0.15, -0.1) is 0 Å². The van der Waals surface area contributed by atoms with E-state index in [1.54, 1.807) is 0 Å². The van der Waals surface area contributed by atoms with E-state index in [1.807, 2.05) is 63.2 Å². The molecule has 18 heavy (non-hydrogen) atoms. The van der Waals surface area contributed by atoms with E-state index in [0.29, 0.717) is 6.61 Å². The lowest BCUT2D eigenvalue weighted by atomic mass is 9.92. The van der Waals surface area contributed by atoms with Crippen LogP contribution in [0.1, 0.15) is 31.1 Å². The molecule has 2 aromatic carbocycles. The third-order valence-corrected chi connectivity index (χ3v) is 3.09. The average Bonchev–Trinajstić information content (AvgIpc) is 2.37. The molecular formula is C16H18O2. The molecule has 2 heteroatoms. The molecule has 0 saturated heterocycles. The molecule has 0 amide bonds. The zero-order chi connectivity index (χ0) is 13.2. The van der Waals surface area contributed by atoms with Gasteiger partial charge in [0.15, 0.2) is 5.78 Å². The number of carbonyl (C=O) groups is 1. The van der Waals surface area contributed by atoms with Crippen molar-refractivity contribution in [3.8, 4) is 0 Å². The van der Waals surface area contributed by atoms with Crippen LogP contribution in [0.4, 0.5) is 0 Å². The van der Waals surface area contributed by atoms with Crippen LogP contribution in [0.15, 0.2) is 42.5 Å². The van der Waals surface area contributed by atoms with Crippen LogP contribution in [0.3, 0.4) is 0 Å². The molecular weight excluding hydrogens is 224 g/mol. The molecule has 0 aliphatic rings. The van der Waals surface area contributed by atoms with Crippen LogP contribution in [0.5, 0.6) is 0 Å². The number of rotatable bonds is 4. The van der Waals surface area contributed by atoms with Gasteiger partial charge in [0.25, 0.3) is 0 Å². The molecule has 0 atom stereocenters. The summed E-state index contributed by atoms with van der Waals surface area (Å²) in [5.74, 6) is 0.0288. The second-order valence-electron chi connectivity index (χ2n) is 4.80. The Morgan fingerprint density at radius 2 is 1.78 bits per heavy atom. The number of Topliss-reactive ketones (excluding diaryl/α,β-unsaturated/α-hetero) is 1. The number of benzene rings is 2. The van der Waals surface area contributed by atoms with Gasteiger partial charge in [0.2, 0.25) is 0 Å². The molecule has 2 aromatic rings. The van der Waals surface area contributed by atoms with Crippen LogP contribution >= 0.6 is 0 Å². The molecule has 0 saturated carbocycles. The van der Waals surface area contributed by atoms with Gasteiger partial charge in [0.05, 0.1) is 0 Å². The fourth-order valence-corrected chi connectivity index (χ4v) is 2.17. The quantitative estimate of drug-likeness (QED) is 0.761. The number of ether oxygens (including phenoxy) is 1. The lowest BCUT2D eigenvalue weighted by molar-refractivity contribution is 0.00139. The van der Waals surface area contributed by atoms with Crippen LogP contribution < -0.4 is 0 Å². The Balaban J connectivity index is 2.51. The number of ketones is 1. The van der Waals surface area contributed by atoms with E-state index < -0.39 is 5.60 Å². The minimum absolute atomic E-state index is 0.0288.